The molecule has 2 heteroatoms. The molecule has 0 aromatic rings. The van der Waals surface area contributed by atoms with E-state index in [4.69, 9.17) is 0 Å². The second-order valence-electron chi connectivity index (χ2n) is 5.81. The number of hydrogen-bond acceptors (Lipinski definition) is 2. The lowest BCUT2D eigenvalue weighted by atomic mass is 9.78. The largest absolute Gasteiger partial charge is 0.312 e. The van der Waals surface area contributed by atoms with Crippen LogP contribution in [0.1, 0.15) is 60.3 Å². The average molecular weight is 213 g/mol. The Hall–Kier alpha value is -0.370. The SMILES string of the molecule is CCC(C)(C)CC(C)(C)NCCCC=O. The molecule has 0 aromatic heterocycles. The predicted octanol–water partition coefficient (Wildman–Crippen LogP) is 3.16. The highest BCUT2D eigenvalue weighted by molar-refractivity contribution is 5.48. The summed E-state index contributed by atoms with van der Waals surface area (Å²) in [4.78, 5) is 10.2. The summed E-state index contributed by atoms with van der Waals surface area (Å²) >= 11 is 0. The maximum Gasteiger partial charge on any atom is 0.120 e. The van der Waals surface area contributed by atoms with E-state index in [9.17, 15) is 4.79 Å². The minimum absolute atomic E-state index is 0.169. The van der Waals surface area contributed by atoms with E-state index in [-0.39, 0.29) is 5.54 Å². The summed E-state index contributed by atoms with van der Waals surface area (Å²) in [7, 11) is 0. The van der Waals surface area contributed by atoms with Crippen molar-refractivity contribution < 1.29 is 4.79 Å². The van der Waals surface area contributed by atoms with Crippen LogP contribution in [-0.2, 0) is 4.79 Å². The third kappa shape index (κ3) is 7.55. The fraction of sp³-hybridized carbons (Fsp3) is 0.923. The normalized spacial score (nSPS) is 12.9. The molecule has 2 nitrogen and oxygen atoms in total. The lowest BCUT2D eigenvalue weighted by Gasteiger charge is -2.35. The van der Waals surface area contributed by atoms with Crippen LogP contribution in [0, 0.1) is 5.41 Å². The van der Waals surface area contributed by atoms with Gasteiger partial charge in [0.2, 0.25) is 0 Å². The first-order valence-corrected chi connectivity index (χ1v) is 6.02. The smallest absolute Gasteiger partial charge is 0.120 e. The molecular formula is C13H27NO. The average Bonchev–Trinajstić information content (AvgIpc) is 2.11. The first kappa shape index (κ1) is 14.6. The Morgan fingerprint density at radius 3 is 2.27 bits per heavy atom. The Balaban J connectivity index is 3.90. The highest BCUT2D eigenvalue weighted by Crippen LogP contribution is 2.30. The monoisotopic (exact) mass is 213 g/mol. The van der Waals surface area contributed by atoms with Gasteiger partial charge in [0.15, 0.2) is 0 Å². The van der Waals surface area contributed by atoms with Gasteiger partial charge in [0.25, 0.3) is 0 Å². The molecule has 1 N–H and O–H groups in total. The van der Waals surface area contributed by atoms with Gasteiger partial charge in [-0.3, -0.25) is 0 Å². The van der Waals surface area contributed by atoms with E-state index < -0.39 is 0 Å². The molecule has 0 aliphatic carbocycles. The van der Waals surface area contributed by atoms with E-state index in [0.29, 0.717) is 11.8 Å². The molecule has 0 aliphatic rings. The summed E-state index contributed by atoms with van der Waals surface area (Å²) in [6, 6.07) is 0. The van der Waals surface area contributed by atoms with Crippen molar-refractivity contribution in [3.05, 3.63) is 0 Å². The van der Waals surface area contributed by atoms with Crippen LogP contribution in [0.15, 0.2) is 0 Å². The summed E-state index contributed by atoms with van der Waals surface area (Å²) in [5.74, 6) is 0. The Morgan fingerprint density at radius 1 is 1.20 bits per heavy atom. The number of unbranched alkanes of at least 4 members (excludes halogenated alkanes) is 1. The maximum absolute atomic E-state index is 10.2. The van der Waals surface area contributed by atoms with Gasteiger partial charge >= 0.3 is 0 Å². The lowest BCUT2D eigenvalue weighted by Crippen LogP contribution is -2.43. The highest BCUT2D eigenvalue weighted by atomic mass is 16.1. The molecule has 0 saturated heterocycles. The molecule has 15 heavy (non-hydrogen) atoms. The van der Waals surface area contributed by atoms with Crippen molar-refractivity contribution in [1.82, 2.24) is 5.32 Å². The topological polar surface area (TPSA) is 29.1 Å². The Kier molecular flexibility index (Phi) is 6.11. The van der Waals surface area contributed by atoms with Crippen molar-refractivity contribution in [3.8, 4) is 0 Å². The molecule has 90 valence electrons. The molecule has 0 radical (unpaired) electrons. The first-order valence-electron chi connectivity index (χ1n) is 6.02. The predicted molar refractivity (Wildman–Crippen MR) is 66.1 cm³/mol. The van der Waals surface area contributed by atoms with Gasteiger partial charge in [-0.15, -0.1) is 0 Å². The van der Waals surface area contributed by atoms with E-state index >= 15 is 0 Å². The molecule has 0 fully saturated rings. The number of rotatable bonds is 8. The van der Waals surface area contributed by atoms with Crippen LogP contribution in [0.2, 0.25) is 0 Å². The van der Waals surface area contributed by atoms with Crippen LogP contribution < -0.4 is 5.32 Å². The molecule has 0 bridgehead atoms. The summed E-state index contributed by atoms with van der Waals surface area (Å²) in [5.41, 5.74) is 0.559. The van der Waals surface area contributed by atoms with Gasteiger partial charge in [-0.1, -0.05) is 27.2 Å². The van der Waals surface area contributed by atoms with Crippen LogP contribution in [0.4, 0.5) is 0 Å². The van der Waals surface area contributed by atoms with Gasteiger partial charge in [-0.05, 0) is 38.6 Å². The Labute approximate surface area is 94.8 Å². The van der Waals surface area contributed by atoms with Gasteiger partial charge in [-0.25, -0.2) is 0 Å². The number of hydrogen-bond donors (Lipinski definition) is 1. The molecule has 0 amide bonds. The fourth-order valence-electron chi connectivity index (χ4n) is 2.00. The lowest BCUT2D eigenvalue weighted by molar-refractivity contribution is -0.107. The second-order valence-corrected chi connectivity index (χ2v) is 5.81. The molecule has 0 unspecified atom stereocenters. The van der Waals surface area contributed by atoms with Crippen LogP contribution in [-0.4, -0.2) is 18.4 Å². The molecule has 0 aliphatic heterocycles. The van der Waals surface area contributed by atoms with Crippen LogP contribution >= 0.6 is 0 Å². The Morgan fingerprint density at radius 2 is 1.80 bits per heavy atom. The minimum atomic E-state index is 0.169. The van der Waals surface area contributed by atoms with E-state index in [1.54, 1.807) is 0 Å². The van der Waals surface area contributed by atoms with Gasteiger partial charge in [-0.2, -0.15) is 0 Å². The van der Waals surface area contributed by atoms with Gasteiger partial charge in [0.1, 0.15) is 6.29 Å². The van der Waals surface area contributed by atoms with Crippen molar-refractivity contribution in [2.45, 2.75) is 65.8 Å². The van der Waals surface area contributed by atoms with Crippen LogP contribution in [0.5, 0.6) is 0 Å². The number of carbonyl (C=O) groups excluding carboxylic acids is 1. The van der Waals surface area contributed by atoms with E-state index in [1.165, 1.54) is 6.42 Å². The maximum atomic E-state index is 10.2. The van der Waals surface area contributed by atoms with Crippen molar-refractivity contribution in [1.29, 1.82) is 0 Å². The van der Waals surface area contributed by atoms with Crippen molar-refractivity contribution in [2.24, 2.45) is 5.41 Å². The first-order chi connectivity index (χ1) is 6.83. The van der Waals surface area contributed by atoms with Crippen LogP contribution in [0.3, 0.4) is 0 Å². The van der Waals surface area contributed by atoms with Gasteiger partial charge < -0.3 is 10.1 Å². The van der Waals surface area contributed by atoms with Gasteiger partial charge in [0.05, 0.1) is 0 Å². The summed E-state index contributed by atoms with van der Waals surface area (Å²) < 4.78 is 0. The quantitative estimate of drug-likeness (QED) is 0.495. The molecular weight excluding hydrogens is 186 g/mol. The van der Waals surface area contributed by atoms with Crippen molar-refractivity contribution in [2.75, 3.05) is 6.54 Å². The van der Waals surface area contributed by atoms with Gasteiger partial charge in [0, 0.05) is 12.0 Å². The Bertz CT molecular complexity index is 185. The number of aldehydes is 1. The molecule has 0 atom stereocenters. The zero-order chi connectivity index (χ0) is 11.9. The third-order valence-electron chi connectivity index (χ3n) is 2.98. The van der Waals surface area contributed by atoms with Crippen LogP contribution in [0.25, 0.3) is 0 Å². The molecule has 0 saturated carbocycles. The highest BCUT2D eigenvalue weighted by Gasteiger charge is 2.26. The molecule has 0 rings (SSSR count). The molecule has 0 aromatic carbocycles. The fourth-order valence-corrected chi connectivity index (χ4v) is 2.00. The standard InChI is InChI=1S/C13H27NO/c1-6-12(2,3)11-13(4,5)14-9-7-8-10-15/h10,14H,6-9,11H2,1-5H3. The molecule has 0 spiro atoms. The third-order valence-corrected chi connectivity index (χ3v) is 2.98. The molecule has 0 heterocycles. The van der Waals surface area contributed by atoms with E-state index in [2.05, 4.69) is 39.9 Å². The second kappa shape index (κ2) is 6.26. The zero-order valence-corrected chi connectivity index (χ0v) is 11.0. The van der Waals surface area contributed by atoms with E-state index in [0.717, 1.165) is 25.7 Å². The summed E-state index contributed by atoms with van der Waals surface area (Å²) in [6.07, 6.45) is 4.97. The van der Waals surface area contributed by atoms with Crippen molar-refractivity contribution >= 4 is 6.29 Å². The summed E-state index contributed by atoms with van der Waals surface area (Å²) in [5, 5.41) is 3.53. The van der Waals surface area contributed by atoms with E-state index in [1.807, 2.05) is 0 Å². The van der Waals surface area contributed by atoms with Crippen molar-refractivity contribution in [3.63, 3.8) is 0 Å². The summed E-state index contributed by atoms with van der Waals surface area (Å²) in [6.45, 7) is 12.3. The zero-order valence-electron chi connectivity index (χ0n) is 11.0. The minimum Gasteiger partial charge on any atom is -0.312 e. The number of nitrogens with one attached hydrogen (secondary N) is 1. The number of carbonyl (C=O) groups is 1.